The van der Waals surface area contributed by atoms with Gasteiger partial charge in [0.15, 0.2) is 0 Å². The predicted octanol–water partition coefficient (Wildman–Crippen LogP) is 1.31. The zero-order chi connectivity index (χ0) is 10.1. The summed E-state index contributed by atoms with van der Waals surface area (Å²) in [5.74, 6) is 0.483. The van der Waals surface area contributed by atoms with E-state index in [2.05, 4.69) is 4.74 Å². The van der Waals surface area contributed by atoms with Gasteiger partial charge in [0.2, 0.25) is 0 Å². The second-order valence-electron chi connectivity index (χ2n) is 4.64. The number of nitrogens with two attached hydrogens (primary N) is 1. The molecule has 3 heteroatoms. The van der Waals surface area contributed by atoms with Crippen molar-refractivity contribution in [2.24, 2.45) is 17.1 Å². The zero-order valence-electron chi connectivity index (χ0n) is 8.67. The van der Waals surface area contributed by atoms with Crippen LogP contribution in [0.3, 0.4) is 0 Å². The molecule has 0 saturated heterocycles. The molecule has 2 N–H and O–H groups in total. The molecule has 0 heterocycles. The lowest BCUT2D eigenvalue weighted by Gasteiger charge is -2.29. The van der Waals surface area contributed by atoms with Crippen LogP contribution < -0.4 is 5.73 Å². The Morgan fingerprint density at radius 3 is 2.54 bits per heavy atom. The second-order valence-corrected chi connectivity index (χ2v) is 4.64. The molecule has 0 amide bonds. The van der Waals surface area contributed by atoms with E-state index < -0.39 is 6.04 Å². The quantitative estimate of drug-likeness (QED) is 0.672. The van der Waals surface area contributed by atoms with Crippen LogP contribution in [0.2, 0.25) is 0 Å². The fourth-order valence-corrected chi connectivity index (χ4v) is 1.64. The minimum Gasteiger partial charge on any atom is -0.468 e. The van der Waals surface area contributed by atoms with E-state index in [0.29, 0.717) is 0 Å². The van der Waals surface area contributed by atoms with Gasteiger partial charge in [-0.25, -0.2) is 0 Å². The van der Waals surface area contributed by atoms with E-state index in [0.717, 1.165) is 12.3 Å². The highest BCUT2D eigenvalue weighted by Crippen LogP contribution is 2.41. The monoisotopic (exact) mass is 185 g/mol. The SMILES string of the molecule is COC(=O)C(N)C(C)(C)CC1CC1. The molecule has 1 fully saturated rings. The van der Waals surface area contributed by atoms with Crippen molar-refractivity contribution < 1.29 is 9.53 Å². The molecule has 1 saturated carbocycles. The van der Waals surface area contributed by atoms with Crippen LogP contribution in [-0.2, 0) is 9.53 Å². The summed E-state index contributed by atoms with van der Waals surface area (Å²) >= 11 is 0. The minimum atomic E-state index is -0.488. The molecule has 0 radical (unpaired) electrons. The minimum absolute atomic E-state index is 0.131. The molecule has 13 heavy (non-hydrogen) atoms. The summed E-state index contributed by atoms with van der Waals surface area (Å²) in [6, 6.07) is -0.488. The van der Waals surface area contributed by atoms with Crippen molar-refractivity contribution in [2.45, 2.75) is 39.2 Å². The van der Waals surface area contributed by atoms with Crippen LogP contribution in [0.5, 0.6) is 0 Å². The first kappa shape index (κ1) is 10.5. The molecule has 0 aliphatic heterocycles. The van der Waals surface area contributed by atoms with Crippen molar-refractivity contribution in [3.8, 4) is 0 Å². The van der Waals surface area contributed by atoms with Gasteiger partial charge in [-0.1, -0.05) is 26.7 Å². The molecule has 0 aromatic heterocycles. The van der Waals surface area contributed by atoms with Gasteiger partial charge in [-0.05, 0) is 17.8 Å². The highest BCUT2D eigenvalue weighted by molar-refractivity contribution is 5.76. The summed E-state index contributed by atoms with van der Waals surface area (Å²) in [6.45, 7) is 4.07. The Hall–Kier alpha value is -0.570. The van der Waals surface area contributed by atoms with E-state index >= 15 is 0 Å². The summed E-state index contributed by atoms with van der Waals surface area (Å²) < 4.78 is 4.64. The van der Waals surface area contributed by atoms with Gasteiger partial charge in [0.05, 0.1) is 7.11 Å². The van der Waals surface area contributed by atoms with E-state index in [4.69, 9.17) is 5.73 Å². The fraction of sp³-hybridized carbons (Fsp3) is 0.900. The van der Waals surface area contributed by atoms with Gasteiger partial charge in [0, 0.05) is 0 Å². The Balaban J connectivity index is 2.49. The maximum atomic E-state index is 11.2. The highest BCUT2D eigenvalue weighted by Gasteiger charge is 2.37. The molecule has 0 bridgehead atoms. The van der Waals surface area contributed by atoms with E-state index in [1.807, 2.05) is 13.8 Å². The Morgan fingerprint density at radius 2 is 2.15 bits per heavy atom. The number of carbonyl (C=O) groups excluding carboxylic acids is 1. The molecule has 1 atom stereocenters. The van der Waals surface area contributed by atoms with Gasteiger partial charge in [0.25, 0.3) is 0 Å². The summed E-state index contributed by atoms with van der Waals surface area (Å²) in [6.07, 6.45) is 3.61. The first-order valence-electron chi connectivity index (χ1n) is 4.81. The maximum Gasteiger partial charge on any atom is 0.323 e. The Labute approximate surface area is 79.6 Å². The molecule has 1 unspecified atom stereocenters. The van der Waals surface area contributed by atoms with Crippen molar-refractivity contribution >= 4 is 5.97 Å². The average molecular weight is 185 g/mol. The van der Waals surface area contributed by atoms with Crippen molar-refractivity contribution in [2.75, 3.05) is 7.11 Å². The lowest BCUT2D eigenvalue weighted by Crippen LogP contribution is -2.44. The van der Waals surface area contributed by atoms with Gasteiger partial charge < -0.3 is 10.5 Å². The second kappa shape index (κ2) is 3.66. The number of esters is 1. The first-order valence-corrected chi connectivity index (χ1v) is 4.81. The topological polar surface area (TPSA) is 52.3 Å². The third-order valence-corrected chi connectivity index (χ3v) is 2.81. The van der Waals surface area contributed by atoms with Gasteiger partial charge in [-0.15, -0.1) is 0 Å². The largest absolute Gasteiger partial charge is 0.468 e. The van der Waals surface area contributed by atoms with Crippen molar-refractivity contribution in [1.29, 1.82) is 0 Å². The zero-order valence-corrected chi connectivity index (χ0v) is 8.67. The lowest BCUT2D eigenvalue weighted by molar-refractivity contribution is -0.145. The van der Waals surface area contributed by atoms with Crippen LogP contribution in [0.15, 0.2) is 0 Å². The van der Waals surface area contributed by atoms with E-state index in [1.165, 1.54) is 20.0 Å². The smallest absolute Gasteiger partial charge is 0.323 e. The van der Waals surface area contributed by atoms with E-state index in [1.54, 1.807) is 0 Å². The molecule has 0 aromatic carbocycles. The predicted molar refractivity (Wildman–Crippen MR) is 51.1 cm³/mol. The lowest BCUT2D eigenvalue weighted by atomic mass is 9.80. The van der Waals surface area contributed by atoms with Crippen molar-refractivity contribution in [3.05, 3.63) is 0 Å². The number of hydrogen-bond acceptors (Lipinski definition) is 3. The molecule has 76 valence electrons. The molecule has 0 aromatic rings. The Bertz CT molecular complexity index is 197. The average Bonchev–Trinajstić information content (AvgIpc) is 2.84. The summed E-state index contributed by atoms with van der Waals surface area (Å²) in [5.41, 5.74) is 5.68. The van der Waals surface area contributed by atoms with Crippen molar-refractivity contribution in [3.63, 3.8) is 0 Å². The van der Waals surface area contributed by atoms with Crippen molar-refractivity contribution in [1.82, 2.24) is 0 Å². The number of carbonyl (C=O) groups is 1. The Morgan fingerprint density at radius 1 is 1.62 bits per heavy atom. The van der Waals surface area contributed by atoms with Gasteiger partial charge in [0.1, 0.15) is 6.04 Å². The number of rotatable bonds is 4. The number of hydrogen-bond donors (Lipinski definition) is 1. The first-order chi connectivity index (χ1) is 5.97. The molecule has 1 aliphatic carbocycles. The summed E-state index contributed by atoms with van der Waals surface area (Å²) in [7, 11) is 1.38. The van der Waals surface area contributed by atoms with Crippen LogP contribution in [0.4, 0.5) is 0 Å². The van der Waals surface area contributed by atoms with E-state index in [-0.39, 0.29) is 11.4 Å². The maximum absolute atomic E-state index is 11.2. The molecule has 3 nitrogen and oxygen atoms in total. The normalized spacial score (nSPS) is 19.7. The standard InChI is InChI=1S/C10H19NO2/c1-10(2,6-7-4-5-7)8(11)9(12)13-3/h7-8H,4-6,11H2,1-3H3. The van der Waals surface area contributed by atoms with Crippen LogP contribution in [0.1, 0.15) is 33.1 Å². The van der Waals surface area contributed by atoms with Gasteiger partial charge >= 0.3 is 5.97 Å². The van der Waals surface area contributed by atoms with Gasteiger partial charge in [-0.3, -0.25) is 4.79 Å². The third-order valence-electron chi connectivity index (χ3n) is 2.81. The highest BCUT2D eigenvalue weighted by atomic mass is 16.5. The number of methoxy groups -OCH3 is 1. The Kier molecular flexibility index (Phi) is 2.96. The molecule has 1 rings (SSSR count). The third kappa shape index (κ3) is 2.69. The summed E-state index contributed by atoms with van der Waals surface area (Å²) in [4.78, 5) is 11.2. The van der Waals surface area contributed by atoms with Crippen LogP contribution in [0.25, 0.3) is 0 Å². The van der Waals surface area contributed by atoms with Crippen LogP contribution in [-0.4, -0.2) is 19.1 Å². The van der Waals surface area contributed by atoms with Crippen LogP contribution >= 0.6 is 0 Å². The molecular formula is C10H19NO2. The van der Waals surface area contributed by atoms with Gasteiger partial charge in [-0.2, -0.15) is 0 Å². The molecule has 1 aliphatic rings. The summed E-state index contributed by atoms with van der Waals surface area (Å²) in [5, 5.41) is 0. The number of ether oxygens (including phenoxy) is 1. The molecular weight excluding hydrogens is 166 g/mol. The van der Waals surface area contributed by atoms with E-state index in [9.17, 15) is 4.79 Å². The molecule has 0 spiro atoms. The fourth-order valence-electron chi connectivity index (χ4n) is 1.64. The van der Waals surface area contributed by atoms with Crippen LogP contribution in [0, 0.1) is 11.3 Å².